The second kappa shape index (κ2) is 3.67. The molecule has 13 heavy (non-hydrogen) atoms. The Morgan fingerprint density at radius 3 is 2.54 bits per heavy atom. The van der Waals surface area contributed by atoms with Crippen LogP contribution >= 0.6 is 7.60 Å². The molecule has 3 N–H and O–H groups in total. The molecule has 6 heteroatoms. The Morgan fingerprint density at radius 1 is 1.54 bits per heavy atom. The quantitative estimate of drug-likeness (QED) is 0.428. The molecule has 0 aromatic carbocycles. The van der Waals surface area contributed by atoms with E-state index in [1.54, 1.807) is 0 Å². The van der Waals surface area contributed by atoms with E-state index < -0.39 is 13.3 Å². The number of aliphatic hydroxyl groups excluding tert-OH is 1. The van der Waals surface area contributed by atoms with Gasteiger partial charge in [-0.1, -0.05) is 0 Å². The molecule has 0 aromatic heterocycles. The van der Waals surface area contributed by atoms with Crippen molar-refractivity contribution >= 4 is 7.60 Å². The van der Waals surface area contributed by atoms with E-state index >= 15 is 0 Å². The van der Waals surface area contributed by atoms with Crippen LogP contribution in [0, 0.1) is 0 Å². The van der Waals surface area contributed by atoms with Gasteiger partial charge in [0.05, 0.1) is 26.7 Å². The second-order valence-electron chi connectivity index (χ2n) is 4.00. The fraction of sp³-hybridized carbons (Fsp3) is 1.00. The van der Waals surface area contributed by atoms with Crippen molar-refractivity contribution in [2.45, 2.75) is 12.1 Å². The van der Waals surface area contributed by atoms with Crippen molar-refractivity contribution in [3.05, 3.63) is 0 Å². The lowest BCUT2D eigenvalue weighted by Crippen LogP contribution is -2.44. The van der Waals surface area contributed by atoms with E-state index in [4.69, 9.17) is 14.9 Å². The molecular formula is C7H17NO4P+. The molecule has 1 aliphatic heterocycles. The molecule has 1 saturated heterocycles. The summed E-state index contributed by atoms with van der Waals surface area (Å²) in [6.07, 6.45) is 0.556. The monoisotopic (exact) mass is 210 g/mol. The van der Waals surface area contributed by atoms with Crippen LogP contribution < -0.4 is 0 Å². The summed E-state index contributed by atoms with van der Waals surface area (Å²) >= 11 is 0. The van der Waals surface area contributed by atoms with Gasteiger partial charge in [0.15, 0.2) is 0 Å². The molecule has 2 unspecified atom stereocenters. The summed E-state index contributed by atoms with van der Waals surface area (Å²) in [5.41, 5.74) is -0.510. The van der Waals surface area contributed by atoms with Gasteiger partial charge in [-0.3, -0.25) is 4.57 Å². The third kappa shape index (κ3) is 2.76. The highest BCUT2D eigenvalue weighted by Gasteiger charge is 2.43. The van der Waals surface area contributed by atoms with E-state index in [2.05, 4.69) is 0 Å². The summed E-state index contributed by atoms with van der Waals surface area (Å²) in [4.78, 5) is 17.9. The molecule has 1 aliphatic rings. The molecule has 5 nitrogen and oxygen atoms in total. The lowest BCUT2D eigenvalue weighted by molar-refractivity contribution is -0.897. The van der Waals surface area contributed by atoms with Crippen LogP contribution in [0.5, 0.6) is 0 Å². The number of likely N-dealkylation sites (N-methyl/N-ethyl adjacent to an activating group) is 1. The van der Waals surface area contributed by atoms with E-state index in [0.29, 0.717) is 24.0 Å². The third-order valence-corrected chi connectivity index (χ3v) is 4.14. The fourth-order valence-corrected chi connectivity index (χ4v) is 2.93. The number of likely N-dealkylation sites (tertiary alicyclic amines) is 1. The Labute approximate surface area is 77.7 Å². The van der Waals surface area contributed by atoms with Crippen molar-refractivity contribution in [2.24, 2.45) is 0 Å². The lowest BCUT2D eigenvalue weighted by Gasteiger charge is -2.28. The Hall–Kier alpha value is 0.0700. The van der Waals surface area contributed by atoms with Gasteiger partial charge < -0.3 is 19.4 Å². The molecule has 1 rings (SSSR count). The number of rotatable bonds is 3. The molecule has 0 aliphatic carbocycles. The van der Waals surface area contributed by atoms with Crippen LogP contribution in [0.25, 0.3) is 0 Å². The first-order valence-electron chi connectivity index (χ1n) is 4.37. The van der Waals surface area contributed by atoms with Gasteiger partial charge in [0.1, 0.15) is 12.2 Å². The Bertz CT molecular complexity index is 229. The number of aliphatic hydroxyl groups is 1. The van der Waals surface area contributed by atoms with E-state index in [-0.39, 0.29) is 6.61 Å². The number of nitrogens with zero attached hydrogens (tertiary/aromatic N) is 1. The third-order valence-electron chi connectivity index (χ3n) is 2.77. The van der Waals surface area contributed by atoms with Crippen molar-refractivity contribution in [3.8, 4) is 0 Å². The zero-order valence-corrected chi connectivity index (χ0v) is 8.65. The van der Waals surface area contributed by atoms with Crippen molar-refractivity contribution < 1.29 is 23.9 Å². The van der Waals surface area contributed by atoms with Gasteiger partial charge >= 0.3 is 7.60 Å². The highest BCUT2D eigenvalue weighted by molar-refractivity contribution is 7.52. The summed E-state index contributed by atoms with van der Waals surface area (Å²) in [5, 5.41) is 8.77. The Morgan fingerprint density at radius 2 is 2.15 bits per heavy atom. The van der Waals surface area contributed by atoms with Crippen LogP contribution in [0.3, 0.4) is 0 Å². The lowest BCUT2D eigenvalue weighted by atomic mass is 10.4. The van der Waals surface area contributed by atoms with E-state index in [1.807, 2.05) is 7.05 Å². The first-order chi connectivity index (χ1) is 5.87. The van der Waals surface area contributed by atoms with Crippen LogP contribution in [0.4, 0.5) is 0 Å². The van der Waals surface area contributed by atoms with Crippen LogP contribution in [0.2, 0.25) is 0 Å². The molecule has 0 aromatic rings. The standard InChI is InChI=1S/C7H16NO4P/c1-8(4-5-9)3-2-7(6-8)13(10,11)12/h7,9H,2-6H2,1H3,(H-,10,11,12)/p+1. The maximum Gasteiger partial charge on any atom is 0.334 e. The van der Waals surface area contributed by atoms with E-state index in [0.717, 1.165) is 6.54 Å². The summed E-state index contributed by atoms with van der Waals surface area (Å²) in [6, 6.07) is 0. The molecule has 2 atom stereocenters. The minimum Gasteiger partial charge on any atom is -0.391 e. The predicted molar refractivity (Wildman–Crippen MR) is 48.3 cm³/mol. The van der Waals surface area contributed by atoms with E-state index in [9.17, 15) is 4.57 Å². The highest BCUT2D eigenvalue weighted by Crippen LogP contribution is 2.46. The van der Waals surface area contributed by atoms with Gasteiger partial charge in [0.25, 0.3) is 0 Å². The van der Waals surface area contributed by atoms with Crippen molar-refractivity contribution in [2.75, 3.05) is 33.3 Å². The summed E-state index contributed by atoms with van der Waals surface area (Å²) < 4.78 is 11.5. The molecule has 1 heterocycles. The maximum atomic E-state index is 10.9. The first kappa shape index (κ1) is 11.1. The Balaban J connectivity index is 2.58. The summed E-state index contributed by atoms with van der Waals surface area (Å²) in [7, 11) is -1.99. The molecule has 1 fully saturated rings. The maximum absolute atomic E-state index is 10.9. The van der Waals surface area contributed by atoms with Crippen LogP contribution in [-0.2, 0) is 4.57 Å². The number of hydrogen-bond donors (Lipinski definition) is 3. The summed E-state index contributed by atoms with van der Waals surface area (Å²) in [5.74, 6) is 0. The largest absolute Gasteiger partial charge is 0.391 e. The van der Waals surface area contributed by atoms with Crippen molar-refractivity contribution in [1.82, 2.24) is 0 Å². The highest BCUT2D eigenvalue weighted by atomic mass is 31.2. The van der Waals surface area contributed by atoms with Crippen molar-refractivity contribution in [3.63, 3.8) is 0 Å². The average Bonchev–Trinajstić information content (AvgIpc) is 2.31. The smallest absolute Gasteiger partial charge is 0.334 e. The molecule has 0 amide bonds. The fourth-order valence-electron chi connectivity index (χ4n) is 1.87. The van der Waals surface area contributed by atoms with Crippen molar-refractivity contribution in [1.29, 1.82) is 0 Å². The summed E-state index contributed by atoms with van der Waals surface area (Å²) in [6.45, 7) is 1.88. The van der Waals surface area contributed by atoms with E-state index in [1.165, 1.54) is 0 Å². The normalized spacial score (nSPS) is 35.2. The van der Waals surface area contributed by atoms with Gasteiger partial charge in [0.2, 0.25) is 0 Å². The van der Waals surface area contributed by atoms with Gasteiger partial charge in [0, 0.05) is 6.42 Å². The van der Waals surface area contributed by atoms with Crippen LogP contribution in [0.1, 0.15) is 6.42 Å². The van der Waals surface area contributed by atoms with Crippen LogP contribution in [0.15, 0.2) is 0 Å². The SMILES string of the molecule is C[N+]1(CCO)CCC(P(=O)(O)O)C1. The molecule has 78 valence electrons. The predicted octanol–water partition coefficient (Wildman–Crippen LogP) is -0.625. The molecule has 0 saturated carbocycles. The minimum atomic E-state index is -3.91. The van der Waals surface area contributed by atoms with Gasteiger partial charge in [-0.25, -0.2) is 0 Å². The Kier molecular flexibility index (Phi) is 3.15. The first-order valence-corrected chi connectivity index (χ1v) is 6.05. The van der Waals surface area contributed by atoms with Gasteiger partial charge in [-0.15, -0.1) is 0 Å². The van der Waals surface area contributed by atoms with Crippen LogP contribution in [-0.4, -0.2) is 58.3 Å². The average molecular weight is 210 g/mol. The second-order valence-corrected chi connectivity index (χ2v) is 5.91. The number of hydrogen-bond acceptors (Lipinski definition) is 2. The zero-order chi connectivity index (χ0) is 10.1. The molecule has 0 spiro atoms. The number of quaternary nitrogens is 1. The van der Waals surface area contributed by atoms with Gasteiger partial charge in [-0.2, -0.15) is 0 Å². The molecular weight excluding hydrogens is 193 g/mol. The molecule has 0 radical (unpaired) electrons. The zero-order valence-electron chi connectivity index (χ0n) is 7.76. The minimum absolute atomic E-state index is 0.0738. The molecule has 0 bridgehead atoms. The van der Waals surface area contributed by atoms with Gasteiger partial charge in [-0.05, 0) is 0 Å². The topological polar surface area (TPSA) is 77.8 Å².